The van der Waals surface area contributed by atoms with E-state index in [0.29, 0.717) is 24.6 Å². The summed E-state index contributed by atoms with van der Waals surface area (Å²) in [5.74, 6) is -0.608. The lowest BCUT2D eigenvalue weighted by atomic mass is 9.91. The molecule has 1 aliphatic heterocycles. The van der Waals surface area contributed by atoms with Gasteiger partial charge in [0.25, 0.3) is 5.69 Å². The van der Waals surface area contributed by atoms with Crippen molar-refractivity contribution in [2.45, 2.75) is 32.7 Å². The molecular weight excluding hydrogens is 260 g/mol. The molecule has 0 bridgehead atoms. The number of carbonyl (C=O) groups is 1. The van der Waals surface area contributed by atoms with Crippen LogP contribution >= 0.6 is 0 Å². The normalized spacial score (nSPS) is 22.6. The first kappa shape index (κ1) is 14.3. The van der Waals surface area contributed by atoms with Crippen molar-refractivity contribution in [3.05, 3.63) is 33.9 Å². The minimum absolute atomic E-state index is 0.0224. The molecule has 1 fully saturated rings. The van der Waals surface area contributed by atoms with Crippen molar-refractivity contribution in [1.82, 2.24) is 0 Å². The monoisotopic (exact) mass is 278 g/mol. The van der Waals surface area contributed by atoms with E-state index in [1.54, 1.807) is 24.0 Å². The Balaban J connectivity index is 2.43. The van der Waals surface area contributed by atoms with E-state index in [1.165, 1.54) is 6.07 Å². The molecule has 0 amide bonds. The summed E-state index contributed by atoms with van der Waals surface area (Å²) in [6.07, 6.45) is 1.36. The van der Waals surface area contributed by atoms with Crippen molar-refractivity contribution < 1.29 is 14.8 Å². The molecule has 1 heterocycles. The zero-order chi connectivity index (χ0) is 14.9. The fourth-order valence-electron chi connectivity index (χ4n) is 2.69. The highest BCUT2D eigenvalue weighted by molar-refractivity contribution is 5.80. The van der Waals surface area contributed by atoms with E-state index in [1.807, 2.05) is 6.92 Å². The van der Waals surface area contributed by atoms with Crippen LogP contribution in [0.25, 0.3) is 0 Å². The van der Waals surface area contributed by atoms with Crippen LogP contribution in [0.2, 0.25) is 0 Å². The second-order valence-corrected chi connectivity index (χ2v) is 5.43. The van der Waals surface area contributed by atoms with Gasteiger partial charge in [0.2, 0.25) is 0 Å². The smallest absolute Gasteiger partial charge is 0.326 e. The first-order chi connectivity index (χ1) is 9.40. The molecule has 1 aromatic carbocycles. The summed E-state index contributed by atoms with van der Waals surface area (Å²) in [6.45, 7) is 4.32. The number of nitro benzene ring substituents is 1. The van der Waals surface area contributed by atoms with Gasteiger partial charge in [-0.05, 0) is 37.3 Å². The summed E-state index contributed by atoms with van der Waals surface area (Å²) >= 11 is 0. The second kappa shape index (κ2) is 5.48. The van der Waals surface area contributed by atoms with Gasteiger partial charge in [-0.25, -0.2) is 4.79 Å². The number of aryl methyl sites for hydroxylation is 1. The number of benzene rings is 1. The molecule has 0 spiro atoms. The fraction of sp³-hybridized carbons (Fsp3) is 0.500. The Hall–Kier alpha value is -2.11. The molecule has 0 aromatic heterocycles. The van der Waals surface area contributed by atoms with Crippen LogP contribution in [0, 0.1) is 23.0 Å². The summed E-state index contributed by atoms with van der Waals surface area (Å²) in [7, 11) is 0. The summed E-state index contributed by atoms with van der Waals surface area (Å²) in [6, 6.07) is 4.23. The Morgan fingerprint density at radius 1 is 1.50 bits per heavy atom. The van der Waals surface area contributed by atoms with Crippen molar-refractivity contribution in [2.24, 2.45) is 5.92 Å². The Morgan fingerprint density at radius 2 is 2.20 bits per heavy atom. The van der Waals surface area contributed by atoms with Gasteiger partial charge in [0, 0.05) is 12.6 Å². The van der Waals surface area contributed by atoms with Crippen LogP contribution in [0.15, 0.2) is 18.2 Å². The van der Waals surface area contributed by atoms with E-state index in [4.69, 9.17) is 0 Å². The lowest BCUT2D eigenvalue weighted by Crippen LogP contribution is -2.47. The van der Waals surface area contributed by atoms with Gasteiger partial charge in [-0.3, -0.25) is 10.1 Å². The maximum atomic E-state index is 11.4. The summed E-state index contributed by atoms with van der Waals surface area (Å²) in [5.41, 5.74) is 1.17. The van der Waals surface area contributed by atoms with Crippen molar-refractivity contribution in [1.29, 1.82) is 0 Å². The minimum atomic E-state index is -0.925. The molecular formula is C14H18N2O4. The van der Waals surface area contributed by atoms with E-state index < -0.39 is 16.9 Å². The average Bonchev–Trinajstić information content (AvgIpc) is 2.38. The number of rotatable bonds is 3. The molecule has 2 rings (SSSR count). The zero-order valence-electron chi connectivity index (χ0n) is 11.6. The van der Waals surface area contributed by atoms with Crippen LogP contribution in [0.5, 0.6) is 0 Å². The first-order valence-corrected chi connectivity index (χ1v) is 6.64. The van der Waals surface area contributed by atoms with Gasteiger partial charge in [0.1, 0.15) is 11.7 Å². The number of piperidine rings is 1. The molecule has 6 heteroatoms. The predicted octanol–water partition coefficient (Wildman–Crippen LogP) is 2.59. The predicted molar refractivity (Wildman–Crippen MR) is 75.0 cm³/mol. The highest BCUT2D eigenvalue weighted by Crippen LogP contribution is 2.35. The number of hydrogen-bond acceptors (Lipinski definition) is 4. The second-order valence-electron chi connectivity index (χ2n) is 5.43. The SMILES string of the molecule is Cc1ccc(N2CCC(C)CC2C(=O)O)c([N+](=O)[O-])c1. The molecule has 1 aliphatic rings. The number of aliphatic carboxylic acids is 1. The van der Waals surface area contributed by atoms with Crippen LogP contribution < -0.4 is 4.90 Å². The largest absolute Gasteiger partial charge is 0.480 e. The van der Waals surface area contributed by atoms with E-state index in [0.717, 1.165) is 12.0 Å². The van der Waals surface area contributed by atoms with E-state index in [2.05, 4.69) is 0 Å². The number of hydrogen-bond donors (Lipinski definition) is 1. The number of anilines is 1. The molecule has 6 nitrogen and oxygen atoms in total. The average molecular weight is 278 g/mol. The third-order valence-electron chi connectivity index (χ3n) is 3.79. The number of nitro groups is 1. The summed E-state index contributed by atoms with van der Waals surface area (Å²) in [5, 5.41) is 20.5. The van der Waals surface area contributed by atoms with Crippen molar-refractivity contribution in [3.8, 4) is 0 Å². The van der Waals surface area contributed by atoms with Crippen LogP contribution in [-0.2, 0) is 4.79 Å². The number of nitrogens with zero attached hydrogens (tertiary/aromatic N) is 2. The van der Waals surface area contributed by atoms with Crippen LogP contribution in [0.4, 0.5) is 11.4 Å². The molecule has 1 N–H and O–H groups in total. The Morgan fingerprint density at radius 3 is 2.80 bits per heavy atom. The van der Waals surface area contributed by atoms with Gasteiger partial charge in [-0.2, -0.15) is 0 Å². The van der Waals surface area contributed by atoms with E-state index >= 15 is 0 Å². The highest BCUT2D eigenvalue weighted by atomic mass is 16.6. The standard InChI is InChI=1S/C14H18N2O4/c1-9-3-4-11(12(7-9)16(19)20)15-6-5-10(2)8-13(15)14(17)18/h3-4,7,10,13H,5-6,8H2,1-2H3,(H,17,18). The topological polar surface area (TPSA) is 83.7 Å². The van der Waals surface area contributed by atoms with Crippen LogP contribution in [-0.4, -0.2) is 28.6 Å². The quantitative estimate of drug-likeness (QED) is 0.678. The van der Waals surface area contributed by atoms with Gasteiger partial charge >= 0.3 is 5.97 Å². The number of carboxylic acids is 1. The van der Waals surface area contributed by atoms with Crippen molar-refractivity contribution in [3.63, 3.8) is 0 Å². The Bertz CT molecular complexity index is 544. The Kier molecular flexibility index (Phi) is 3.92. The molecule has 20 heavy (non-hydrogen) atoms. The highest BCUT2D eigenvalue weighted by Gasteiger charge is 2.34. The van der Waals surface area contributed by atoms with E-state index in [-0.39, 0.29) is 5.69 Å². The third-order valence-corrected chi connectivity index (χ3v) is 3.79. The van der Waals surface area contributed by atoms with Crippen molar-refractivity contribution >= 4 is 17.3 Å². The molecule has 2 unspecified atom stereocenters. The third kappa shape index (κ3) is 2.74. The maximum Gasteiger partial charge on any atom is 0.326 e. The van der Waals surface area contributed by atoms with Crippen LogP contribution in [0.3, 0.4) is 0 Å². The van der Waals surface area contributed by atoms with Gasteiger partial charge in [-0.1, -0.05) is 13.0 Å². The zero-order valence-corrected chi connectivity index (χ0v) is 11.6. The molecule has 0 aliphatic carbocycles. The number of carboxylic acid groups (broad SMARTS) is 1. The Labute approximate surface area is 117 Å². The van der Waals surface area contributed by atoms with E-state index in [9.17, 15) is 20.0 Å². The molecule has 1 aromatic rings. The lowest BCUT2D eigenvalue weighted by molar-refractivity contribution is -0.384. The summed E-state index contributed by atoms with van der Waals surface area (Å²) in [4.78, 5) is 23.8. The van der Waals surface area contributed by atoms with Gasteiger partial charge in [0.15, 0.2) is 0 Å². The van der Waals surface area contributed by atoms with Gasteiger partial charge < -0.3 is 10.0 Å². The van der Waals surface area contributed by atoms with Gasteiger partial charge in [0.05, 0.1) is 4.92 Å². The molecule has 2 atom stereocenters. The van der Waals surface area contributed by atoms with Gasteiger partial charge in [-0.15, -0.1) is 0 Å². The lowest BCUT2D eigenvalue weighted by Gasteiger charge is -2.37. The molecule has 108 valence electrons. The van der Waals surface area contributed by atoms with Crippen LogP contribution in [0.1, 0.15) is 25.3 Å². The fourth-order valence-corrected chi connectivity index (χ4v) is 2.69. The maximum absolute atomic E-state index is 11.4. The van der Waals surface area contributed by atoms with Crippen molar-refractivity contribution in [2.75, 3.05) is 11.4 Å². The first-order valence-electron chi connectivity index (χ1n) is 6.64. The molecule has 1 saturated heterocycles. The summed E-state index contributed by atoms with van der Waals surface area (Å²) < 4.78 is 0. The molecule has 0 radical (unpaired) electrons. The minimum Gasteiger partial charge on any atom is -0.480 e. The molecule has 0 saturated carbocycles.